The summed E-state index contributed by atoms with van der Waals surface area (Å²) in [5.74, 6) is -1.22. The molecule has 240 valence electrons. The van der Waals surface area contributed by atoms with Crippen molar-refractivity contribution in [2.45, 2.75) is 180 Å². The number of nitrogens with zero attached hydrogens (tertiary/aromatic N) is 1. The van der Waals surface area contributed by atoms with Crippen LogP contribution in [0.25, 0.3) is 0 Å². The lowest BCUT2D eigenvalue weighted by atomic mass is 10.0. The van der Waals surface area contributed by atoms with E-state index in [1.54, 1.807) is 0 Å². The molecule has 1 rings (SSSR count). The van der Waals surface area contributed by atoms with Crippen molar-refractivity contribution in [1.29, 1.82) is 0 Å². The molecule has 1 heterocycles. The first-order valence-corrected chi connectivity index (χ1v) is 17.5. The lowest BCUT2D eigenvalue weighted by molar-refractivity contribution is -0.139. The molecule has 0 unspecified atom stereocenters. The quantitative estimate of drug-likeness (QED) is 0.0823. The number of nitrogens with one attached hydrogen (secondary N) is 2. The number of amides is 2. The van der Waals surface area contributed by atoms with Gasteiger partial charge < -0.3 is 20.6 Å². The second kappa shape index (κ2) is 26.0. The SMILES string of the molecule is CCCCCCCCCCCCN(CCCCCCCCCCCC)C(=O)[C@H](CCC(=O)O)NC(=O)[C@@H]1CCCN1. The van der Waals surface area contributed by atoms with Crippen LogP contribution in [-0.2, 0) is 14.4 Å². The minimum Gasteiger partial charge on any atom is -0.481 e. The van der Waals surface area contributed by atoms with Crippen molar-refractivity contribution >= 4 is 17.8 Å². The van der Waals surface area contributed by atoms with Gasteiger partial charge in [0.05, 0.1) is 6.04 Å². The van der Waals surface area contributed by atoms with Crippen LogP contribution in [0.1, 0.15) is 168 Å². The first kappa shape index (κ1) is 37.4. The molecule has 3 N–H and O–H groups in total. The van der Waals surface area contributed by atoms with Crippen molar-refractivity contribution in [3.8, 4) is 0 Å². The number of hydrogen-bond donors (Lipinski definition) is 3. The lowest BCUT2D eigenvalue weighted by Gasteiger charge is -2.29. The highest BCUT2D eigenvalue weighted by atomic mass is 16.4. The fourth-order valence-electron chi connectivity index (χ4n) is 5.84. The van der Waals surface area contributed by atoms with E-state index in [0.717, 1.165) is 45.1 Å². The molecule has 1 aliphatic heterocycles. The van der Waals surface area contributed by atoms with Crippen LogP contribution in [0.5, 0.6) is 0 Å². The lowest BCUT2D eigenvalue weighted by Crippen LogP contribution is -2.53. The van der Waals surface area contributed by atoms with Gasteiger partial charge in [-0.3, -0.25) is 14.4 Å². The Morgan fingerprint density at radius 2 is 1.17 bits per heavy atom. The predicted molar refractivity (Wildman–Crippen MR) is 170 cm³/mol. The van der Waals surface area contributed by atoms with Crippen LogP contribution in [0.15, 0.2) is 0 Å². The summed E-state index contributed by atoms with van der Waals surface area (Å²) >= 11 is 0. The van der Waals surface area contributed by atoms with Crippen LogP contribution in [0.3, 0.4) is 0 Å². The maximum atomic E-state index is 13.7. The zero-order chi connectivity index (χ0) is 30.0. The van der Waals surface area contributed by atoms with E-state index in [1.807, 2.05) is 4.90 Å². The number of unbranched alkanes of at least 4 members (excludes halogenated alkanes) is 18. The van der Waals surface area contributed by atoms with E-state index >= 15 is 0 Å². The Kier molecular flexibility index (Phi) is 23.7. The maximum absolute atomic E-state index is 13.7. The number of hydrogen-bond acceptors (Lipinski definition) is 4. The fourth-order valence-corrected chi connectivity index (χ4v) is 5.84. The number of carbonyl (C=O) groups is 3. The molecule has 7 heteroatoms. The molecule has 1 saturated heterocycles. The largest absolute Gasteiger partial charge is 0.481 e. The molecular formula is C34H65N3O4. The second-order valence-electron chi connectivity index (χ2n) is 12.3. The third-order valence-corrected chi connectivity index (χ3v) is 8.51. The van der Waals surface area contributed by atoms with Gasteiger partial charge in [0.1, 0.15) is 6.04 Å². The normalized spacial score (nSPS) is 15.6. The van der Waals surface area contributed by atoms with E-state index in [2.05, 4.69) is 24.5 Å². The van der Waals surface area contributed by atoms with Crippen LogP contribution in [-0.4, -0.2) is 59.5 Å². The highest BCUT2D eigenvalue weighted by Crippen LogP contribution is 2.15. The minimum absolute atomic E-state index is 0.107. The number of carboxylic acids is 1. The van der Waals surface area contributed by atoms with E-state index in [1.165, 1.54) is 103 Å². The topological polar surface area (TPSA) is 98.7 Å². The zero-order valence-corrected chi connectivity index (χ0v) is 26.9. The van der Waals surface area contributed by atoms with Gasteiger partial charge in [0.15, 0.2) is 0 Å². The Balaban J connectivity index is 2.56. The monoisotopic (exact) mass is 579 g/mol. The van der Waals surface area contributed by atoms with Gasteiger partial charge in [0, 0.05) is 19.5 Å². The van der Waals surface area contributed by atoms with Crippen LogP contribution in [0.4, 0.5) is 0 Å². The Hall–Kier alpha value is -1.63. The van der Waals surface area contributed by atoms with Crippen molar-refractivity contribution in [3.63, 3.8) is 0 Å². The summed E-state index contributed by atoms with van der Waals surface area (Å²) in [6.45, 7) is 6.68. The highest BCUT2D eigenvalue weighted by Gasteiger charge is 2.30. The second-order valence-corrected chi connectivity index (χ2v) is 12.3. The molecule has 0 bridgehead atoms. The van der Waals surface area contributed by atoms with Crippen molar-refractivity contribution in [1.82, 2.24) is 15.5 Å². The van der Waals surface area contributed by atoms with Crippen molar-refractivity contribution in [2.24, 2.45) is 0 Å². The molecule has 41 heavy (non-hydrogen) atoms. The Bertz CT molecular complexity index is 642. The van der Waals surface area contributed by atoms with Gasteiger partial charge in [-0.05, 0) is 38.6 Å². The number of carbonyl (C=O) groups excluding carboxylic acids is 2. The fraction of sp³-hybridized carbons (Fsp3) is 0.912. The number of carboxylic acid groups (broad SMARTS) is 1. The van der Waals surface area contributed by atoms with Crippen molar-refractivity contribution < 1.29 is 19.5 Å². The van der Waals surface area contributed by atoms with Gasteiger partial charge in [-0.15, -0.1) is 0 Å². The maximum Gasteiger partial charge on any atom is 0.303 e. The molecule has 0 radical (unpaired) electrons. The van der Waals surface area contributed by atoms with Crippen molar-refractivity contribution in [2.75, 3.05) is 19.6 Å². The van der Waals surface area contributed by atoms with Gasteiger partial charge in [-0.25, -0.2) is 0 Å². The third-order valence-electron chi connectivity index (χ3n) is 8.51. The summed E-state index contributed by atoms with van der Waals surface area (Å²) in [6, 6.07) is -1.06. The molecule has 2 amide bonds. The van der Waals surface area contributed by atoms with Gasteiger partial charge in [0.2, 0.25) is 11.8 Å². The summed E-state index contributed by atoms with van der Waals surface area (Å²) in [7, 11) is 0. The molecule has 0 aromatic rings. The Morgan fingerprint density at radius 1 is 0.732 bits per heavy atom. The molecular weight excluding hydrogens is 514 g/mol. The molecule has 1 aliphatic rings. The third kappa shape index (κ3) is 20.0. The molecule has 2 atom stereocenters. The van der Waals surface area contributed by atoms with Crippen molar-refractivity contribution in [3.05, 3.63) is 0 Å². The van der Waals surface area contributed by atoms with E-state index in [4.69, 9.17) is 0 Å². The summed E-state index contributed by atoms with van der Waals surface area (Å²) in [6.07, 6.45) is 26.6. The smallest absolute Gasteiger partial charge is 0.303 e. The summed E-state index contributed by atoms with van der Waals surface area (Å²) in [5, 5.41) is 15.4. The van der Waals surface area contributed by atoms with Gasteiger partial charge in [-0.2, -0.15) is 0 Å². The van der Waals surface area contributed by atoms with Crippen LogP contribution < -0.4 is 10.6 Å². The first-order chi connectivity index (χ1) is 20.0. The summed E-state index contributed by atoms with van der Waals surface area (Å²) < 4.78 is 0. The molecule has 7 nitrogen and oxygen atoms in total. The average Bonchev–Trinajstić information content (AvgIpc) is 3.51. The molecule has 0 spiro atoms. The number of rotatable bonds is 28. The highest BCUT2D eigenvalue weighted by molar-refractivity contribution is 5.90. The van der Waals surface area contributed by atoms with Gasteiger partial charge in [0.25, 0.3) is 0 Å². The van der Waals surface area contributed by atoms with Gasteiger partial charge >= 0.3 is 5.97 Å². The Morgan fingerprint density at radius 3 is 1.56 bits per heavy atom. The molecule has 1 fully saturated rings. The minimum atomic E-state index is -0.938. The Labute approximate surface area is 252 Å². The van der Waals surface area contributed by atoms with Crippen LogP contribution in [0, 0.1) is 0 Å². The van der Waals surface area contributed by atoms with E-state index in [-0.39, 0.29) is 30.7 Å². The van der Waals surface area contributed by atoms with E-state index in [9.17, 15) is 19.5 Å². The van der Waals surface area contributed by atoms with E-state index < -0.39 is 12.0 Å². The standard InChI is InChI=1S/C34H65N3O4/c1-3-5-7-9-11-13-15-17-19-21-28-37(29-22-20-18-16-14-12-10-8-6-4-2)34(41)31(25-26-32(38)39)36-33(40)30-24-23-27-35-30/h30-31,35H,3-29H2,1-2H3,(H,36,40)(H,38,39)/t30-,31-/m0/s1. The van der Waals surface area contributed by atoms with Crippen LogP contribution in [0.2, 0.25) is 0 Å². The number of aliphatic carboxylic acids is 1. The molecule has 0 aromatic heterocycles. The summed E-state index contributed by atoms with van der Waals surface area (Å²) in [4.78, 5) is 39.8. The van der Waals surface area contributed by atoms with Gasteiger partial charge in [-0.1, -0.05) is 129 Å². The van der Waals surface area contributed by atoms with E-state index in [0.29, 0.717) is 13.1 Å². The molecule has 0 saturated carbocycles. The molecule has 0 aliphatic carbocycles. The molecule has 0 aromatic carbocycles. The first-order valence-electron chi connectivity index (χ1n) is 17.5. The zero-order valence-electron chi connectivity index (χ0n) is 26.9. The average molecular weight is 580 g/mol. The predicted octanol–water partition coefficient (Wildman–Crippen LogP) is 7.76. The van der Waals surface area contributed by atoms with Crippen LogP contribution >= 0.6 is 0 Å². The summed E-state index contributed by atoms with van der Waals surface area (Å²) in [5.41, 5.74) is 0.